The maximum atomic E-state index is 13.3. The van der Waals surface area contributed by atoms with Crippen molar-refractivity contribution in [3.05, 3.63) is 60.2 Å². The number of hydrogen-bond donors (Lipinski definition) is 0. The van der Waals surface area contributed by atoms with Crippen LogP contribution in [0.5, 0.6) is 0 Å². The molecule has 4 rings (SSSR count). The smallest absolute Gasteiger partial charge is 0.191 e. The van der Waals surface area contributed by atoms with Crippen LogP contribution in [0.4, 0.5) is 4.39 Å². The first-order valence-corrected chi connectivity index (χ1v) is 9.61. The number of hydrogen-bond acceptors (Lipinski definition) is 5. The van der Waals surface area contributed by atoms with Gasteiger partial charge in [-0.25, -0.2) is 4.39 Å². The zero-order valence-corrected chi connectivity index (χ0v) is 15.0. The maximum absolute atomic E-state index is 13.3. The molecule has 0 spiro atoms. The predicted octanol–water partition coefficient (Wildman–Crippen LogP) is 3.95. The molecule has 1 saturated heterocycles. The molecule has 26 heavy (non-hydrogen) atoms. The summed E-state index contributed by atoms with van der Waals surface area (Å²) in [5.74, 6) is 1.20. The Balaban J connectivity index is 1.60. The van der Waals surface area contributed by atoms with Gasteiger partial charge in [0.1, 0.15) is 5.82 Å². The highest BCUT2D eigenvalue weighted by Crippen LogP contribution is 2.28. The Hall–Kier alpha value is -2.25. The minimum atomic E-state index is -0.260. The number of nitrogens with zero attached hydrogens (tertiary/aromatic N) is 4. The van der Waals surface area contributed by atoms with Crippen LogP contribution in [0, 0.1) is 5.82 Å². The normalized spacial score (nSPS) is 16.9. The molecule has 0 radical (unpaired) electrons. The summed E-state index contributed by atoms with van der Waals surface area (Å²) in [6.45, 7) is 1.50. The summed E-state index contributed by atoms with van der Waals surface area (Å²) in [5.41, 5.74) is 1.84. The molecule has 134 valence electrons. The molecular weight excluding hydrogens is 351 g/mol. The lowest BCUT2D eigenvalue weighted by Gasteiger charge is -2.14. The Morgan fingerprint density at radius 1 is 1.15 bits per heavy atom. The first-order valence-electron chi connectivity index (χ1n) is 8.63. The largest absolute Gasteiger partial charge is 0.376 e. The third-order valence-corrected chi connectivity index (χ3v) is 5.31. The fraction of sp³-hybridized carbons (Fsp3) is 0.316. The number of aromatic nitrogens is 4. The Kier molecular flexibility index (Phi) is 5.26. The number of halogens is 1. The van der Waals surface area contributed by atoms with Crippen LogP contribution in [0.15, 0.2) is 53.8 Å². The van der Waals surface area contributed by atoms with Gasteiger partial charge in [0.15, 0.2) is 11.0 Å². The molecule has 0 amide bonds. The summed E-state index contributed by atoms with van der Waals surface area (Å²) < 4.78 is 21.1. The van der Waals surface area contributed by atoms with Gasteiger partial charge in [0.05, 0.1) is 18.3 Å². The van der Waals surface area contributed by atoms with Crippen molar-refractivity contribution in [3.63, 3.8) is 0 Å². The molecule has 5 nitrogen and oxygen atoms in total. The number of pyridine rings is 1. The fourth-order valence-corrected chi connectivity index (χ4v) is 3.85. The van der Waals surface area contributed by atoms with E-state index in [4.69, 9.17) is 4.74 Å². The second kappa shape index (κ2) is 7.97. The van der Waals surface area contributed by atoms with Crippen molar-refractivity contribution in [2.45, 2.75) is 36.4 Å². The van der Waals surface area contributed by atoms with E-state index in [0.717, 1.165) is 41.7 Å². The highest BCUT2D eigenvalue weighted by molar-refractivity contribution is 7.98. The van der Waals surface area contributed by atoms with Gasteiger partial charge in [-0.2, -0.15) is 0 Å². The van der Waals surface area contributed by atoms with Crippen LogP contribution in [-0.4, -0.2) is 32.5 Å². The molecule has 2 aromatic heterocycles. The van der Waals surface area contributed by atoms with Gasteiger partial charge in [-0.15, -0.1) is 10.2 Å². The van der Waals surface area contributed by atoms with Gasteiger partial charge in [-0.05, 0) is 49.2 Å². The van der Waals surface area contributed by atoms with Gasteiger partial charge in [0.2, 0.25) is 0 Å². The van der Waals surface area contributed by atoms with Crippen molar-refractivity contribution in [1.29, 1.82) is 0 Å². The standard InChI is InChI=1S/C19H19FN4OS/c20-15-8-6-14(7-9-15)18-22-23-19(24(18)12-17-5-3-11-25-17)26-13-16-4-1-2-10-21-16/h1-2,4,6-10,17H,3,5,11-13H2. The fourth-order valence-electron chi connectivity index (χ4n) is 2.99. The van der Waals surface area contributed by atoms with Crippen molar-refractivity contribution in [2.24, 2.45) is 0 Å². The minimum absolute atomic E-state index is 0.166. The van der Waals surface area contributed by atoms with Crippen LogP contribution in [0.3, 0.4) is 0 Å². The van der Waals surface area contributed by atoms with Crippen molar-refractivity contribution in [2.75, 3.05) is 6.61 Å². The topological polar surface area (TPSA) is 52.8 Å². The molecule has 1 aromatic carbocycles. The van der Waals surface area contributed by atoms with E-state index in [1.807, 2.05) is 18.2 Å². The SMILES string of the molecule is Fc1ccc(-c2nnc(SCc3ccccn3)n2CC2CCCO2)cc1. The molecule has 7 heteroatoms. The van der Waals surface area contributed by atoms with Crippen LogP contribution >= 0.6 is 11.8 Å². The van der Waals surface area contributed by atoms with E-state index in [1.165, 1.54) is 12.1 Å². The summed E-state index contributed by atoms with van der Waals surface area (Å²) in [5, 5.41) is 9.56. The highest BCUT2D eigenvalue weighted by Gasteiger charge is 2.22. The average molecular weight is 370 g/mol. The monoisotopic (exact) mass is 370 g/mol. The van der Waals surface area contributed by atoms with Crippen molar-refractivity contribution >= 4 is 11.8 Å². The van der Waals surface area contributed by atoms with Gasteiger partial charge in [-0.1, -0.05) is 17.8 Å². The quantitative estimate of drug-likeness (QED) is 0.615. The zero-order chi connectivity index (χ0) is 17.8. The van der Waals surface area contributed by atoms with Gasteiger partial charge >= 0.3 is 0 Å². The Bertz CT molecular complexity index is 848. The molecule has 1 unspecified atom stereocenters. The van der Waals surface area contributed by atoms with Crippen LogP contribution in [0.1, 0.15) is 18.5 Å². The summed E-state index contributed by atoms with van der Waals surface area (Å²) in [4.78, 5) is 4.36. The van der Waals surface area contributed by atoms with Crippen molar-refractivity contribution in [3.8, 4) is 11.4 Å². The van der Waals surface area contributed by atoms with E-state index in [-0.39, 0.29) is 11.9 Å². The molecule has 3 heterocycles. The number of thioether (sulfide) groups is 1. The average Bonchev–Trinajstić information content (AvgIpc) is 3.32. The summed E-state index contributed by atoms with van der Waals surface area (Å²) in [7, 11) is 0. The van der Waals surface area contributed by atoms with Crippen LogP contribution in [0.2, 0.25) is 0 Å². The van der Waals surface area contributed by atoms with Gasteiger partial charge in [0.25, 0.3) is 0 Å². The minimum Gasteiger partial charge on any atom is -0.376 e. The summed E-state index contributed by atoms with van der Waals surface area (Å²) in [6.07, 6.45) is 4.07. The lowest BCUT2D eigenvalue weighted by Crippen LogP contribution is -2.16. The summed E-state index contributed by atoms with van der Waals surface area (Å²) in [6, 6.07) is 12.2. The number of benzene rings is 1. The molecule has 0 N–H and O–H groups in total. The first-order chi connectivity index (χ1) is 12.8. The molecule has 0 saturated carbocycles. The number of ether oxygens (including phenoxy) is 1. The molecule has 0 aliphatic carbocycles. The van der Waals surface area contributed by atoms with E-state index in [0.29, 0.717) is 12.3 Å². The molecule has 0 bridgehead atoms. The molecule has 1 fully saturated rings. The van der Waals surface area contributed by atoms with Crippen LogP contribution in [0.25, 0.3) is 11.4 Å². The molecule has 1 aliphatic rings. The van der Waals surface area contributed by atoms with Crippen LogP contribution < -0.4 is 0 Å². The second-order valence-corrected chi connectivity index (χ2v) is 7.11. The van der Waals surface area contributed by atoms with Gasteiger partial charge < -0.3 is 4.74 Å². The van der Waals surface area contributed by atoms with Gasteiger partial charge in [0, 0.05) is 24.1 Å². The van der Waals surface area contributed by atoms with Crippen molar-refractivity contribution in [1.82, 2.24) is 19.7 Å². The Morgan fingerprint density at radius 2 is 2.04 bits per heavy atom. The number of rotatable bonds is 6. The third kappa shape index (κ3) is 3.94. The summed E-state index contributed by atoms with van der Waals surface area (Å²) >= 11 is 1.60. The van der Waals surface area contributed by atoms with Gasteiger partial charge in [-0.3, -0.25) is 9.55 Å². The third-order valence-electron chi connectivity index (χ3n) is 4.30. The van der Waals surface area contributed by atoms with Crippen molar-refractivity contribution < 1.29 is 9.13 Å². The highest BCUT2D eigenvalue weighted by atomic mass is 32.2. The molecular formula is C19H19FN4OS. The Labute approximate surface area is 155 Å². The second-order valence-electron chi connectivity index (χ2n) is 6.17. The lowest BCUT2D eigenvalue weighted by molar-refractivity contribution is 0.0953. The predicted molar refractivity (Wildman–Crippen MR) is 98.2 cm³/mol. The van der Waals surface area contributed by atoms with Crippen LogP contribution in [-0.2, 0) is 17.0 Å². The lowest BCUT2D eigenvalue weighted by atomic mass is 10.2. The molecule has 3 aromatic rings. The molecule has 1 atom stereocenters. The van der Waals surface area contributed by atoms with E-state index < -0.39 is 0 Å². The Morgan fingerprint density at radius 3 is 2.77 bits per heavy atom. The van der Waals surface area contributed by atoms with E-state index in [1.54, 1.807) is 30.1 Å². The van der Waals surface area contributed by atoms with E-state index >= 15 is 0 Å². The maximum Gasteiger partial charge on any atom is 0.191 e. The zero-order valence-electron chi connectivity index (χ0n) is 14.2. The molecule has 1 aliphatic heterocycles. The van der Waals surface area contributed by atoms with E-state index in [2.05, 4.69) is 19.7 Å². The first kappa shape index (κ1) is 17.2. The van der Waals surface area contributed by atoms with E-state index in [9.17, 15) is 4.39 Å².